The molecule has 4 nitrogen and oxygen atoms in total. The highest BCUT2D eigenvalue weighted by Crippen LogP contribution is 2.47. The summed E-state index contributed by atoms with van der Waals surface area (Å²) >= 11 is 5.74. The number of Topliss-reactive ketones (excluding diaryl/α,β-unsaturated/α-hetero) is 1. The van der Waals surface area contributed by atoms with Crippen molar-refractivity contribution in [2.75, 3.05) is 6.61 Å². The van der Waals surface area contributed by atoms with E-state index in [9.17, 15) is 40.6 Å². The van der Waals surface area contributed by atoms with Crippen LogP contribution in [0.1, 0.15) is 17.4 Å². The second-order valence-electron chi connectivity index (χ2n) is 5.43. The van der Waals surface area contributed by atoms with E-state index in [1.165, 1.54) is 6.07 Å². The van der Waals surface area contributed by atoms with Gasteiger partial charge in [0.25, 0.3) is 0 Å². The molecular weight excluding hydrogens is 411 g/mol. The Bertz CT molecular complexity index is 899. The molecule has 1 heterocycles. The zero-order chi connectivity index (χ0) is 20.8. The maximum absolute atomic E-state index is 13.4. The zero-order valence-corrected chi connectivity index (χ0v) is 13.9. The van der Waals surface area contributed by atoms with Gasteiger partial charge in [-0.1, -0.05) is 17.7 Å². The Kier molecular flexibility index (Phi) is 5.21. The summed E-state index contributed by atoms with van der Waals surface area (Å²) in [6.45, 7) is -1.34. The van der Waals surface area contributed by atoms with Gasteiger partial charge in [0.1, 0.15) is 17.0 Å². The van der Waals surface area contributed by atoms with E-state index in [0.717, 1.165) is 19.1 Å². The van der Waals surface area contributed by atoms with Gasteiger partial charge in [-0.15, -0.1) is 0 Å². The number of carbonyl (C=O) groups excluding carboxylic acids is 1. The first kappa shape index (κ1) is 21.0. The molecule has 0 saturated carbocycles. The first-order valence-electron chi connectivity index (χ1n) is 6.97. The van der Waals surface area contributed by atoms with Gasteiger partial charge in [-0.2, -0.15) is 30.7 Å². The van der Waals surface area contributed by atoms with Crippen LogP contribution in [0.15, 0.2) is 18.2 Å². The summed E-state index contributed by atoms with van der Waals surface area (Å²) in [5, 5.41) is 9.28. The number of carbonyl (C=O) groups is 1. The lowest BCUT2D eigenvalue weighted by Crippen LogP contribution is -2.54. The molecule has 0 unspecified atom stereocenters. The highest BCUT2D eigenvalue weighted by atomic mass is 35.5. The minimum Gasteiger partial charge on any atom is -0.506 e. The lowest BCUT2D eigenvalue weighted by molar-refractivity contribution is -0.358. The number of benzene rings is 1. The summed E-state index contributed by atoms with van der Waals surface area (Å²) in [7, 11) is 0. The molecule has 12 heteroatoms. The number of aromatic nitrogens is 1. The van der Waals surface area contributed by atoms with Gasteiger partial charge in [0, 0.05) is 12.3 Å². The van der Waals surface area contributed by atoms with Gasteiger partial charge >= 0.3 is 18.0 Å². The Morgan fingerprint density at radius 2 is 1.78 bits per heavy atom. The largest absolute Gasteiger partial charge is 0.506 e. The van der Waals surface area contributed by atoms with Crippen molar-refractivity contribution in [1.82, 2.24) is 4.98 Å². The number of halogens is 8. The number of nitrogens with zero attached hydrogens (tertiary/aromatic N) is 1. The Morgan fingerprint density at radius 1 is 1.19 bits per heavy atom. The summed E-state index contributed by atoms with van der Waals surface area (Å²) in [6.07, 6.45) is -6.51. The van der Waals surface area contributed by atoms with Gasteiger partial charge in [0.2, 0.25) is 0 Å². The molecule has 27 heavy (non-hydrogen) atoms. The van der Waals surface area contributed by atoms with E-state index in [1.54, 1.807) is 0 Å². The van der Waals surface area contributed by atoms with Crippen LogP contribution in [0.5, 0.6) is 11.5 Å². The Balaban J connectivity index is 2.49. The number of ether oxygens (including phenoxy) is 1. The third kappa shape index (κ3) is 3.73. The van der Waals surface area contributed by atoms with Crippen LogP contribution in [0.25, 0.3) is 10.9 Å². The fraction of sp³-hybridized carbons (Fsp3) is 0.333. The predicted octanol–water partition coefficient (Wildman–Crippen LogP) is 5.01. The van der Waals surface area contributed by atoms with Gasteiger partial charge in [0.15, 0.2) is 18.1 Å². The van der Waals surface area contributed by atoms with Crippen molar-refractivity contribution in [2.24, 2.45) is 0 Å². The molecular formula is C15H9ClF7NO3. The van der Waals surface area contributed by atoms with Crippen molar-refractivity contribution in [3.05, 3.63) is 28.9 Å². The van der Waals surface area contributed by atoms with Crippen molar-refractivity contribution < 1.29 is 45.4 Å². The molecule has 0 aliphatic carbocycles. The molecule has 0 spiro atoms. The minimum atomic E-state index is -6.51. The van der Waals surface area contributed by atoms with Crippen LogP contribution in [-0.4, -0.2) is 40.5 Å². The monoisotopic (exact) mass is 419 g/mol. The number of aromatic hydroxyl groups is 1. The third-order valence-electron chi connectivity index (χ3n) is 3.42. The van der Waals surface area contributed by atoms with Crippen LogP contribution in [0, 0.1) is 0 Å². The third-order valence-corrected chi connectivity index (χ3v) is 3.72. The molecule has 0 aliphatic rings. The molecule has 0 amide bonds. The Hall–Kier alpha value is -2.30. The number of alkyl halides is 7. The molecule has 2 rings (SSSR count). The molecule has 0 atom stereocenters. The molecule has 0 bridgehead atoms. The van der Waals surface area contributed by atoms with Gasteiger partial charge in [-0.3, -0.25) is 4.79 Å². The van der Waals surface area contributed by atoms with Gasteiger partial charge < -0.3 is 9.84 Å². The molecule has 1 N–H and O–H groups in total. The number of hydrogen-bond donors (Lipinski definition) is 1. The number of pyridine rings is 1. The standard InChI is InChI=1S/C15H9ClF7NO3/c1-6(25)10-9(26)4-7-2-3-8(16)12(11(7)24-10)27-5-13(17,18)14(19,20)15(21,22)23/h2-4,26H,5H2,1H3. The van der Waals surface area contributed by atoms with Crippen LogP contribution in [0.2, 0.25) is 5.02 Å². The lowest BCUT2D eigenvalue weighted by Gasteiger charge is -2.28. The van der Waals surface area contributed by atoms with Crippen LogP contribution in [0.3, 0.4) is 0 Å². The molecule has 0 fully saturated rings. The van der Waals surface area contributed by atoms with E-state index in [0.29, 0.717) is 0 Å². The molecule has 2 aromatic rings. The van der Waals surface area contributed by atoms with Crippen molar-refractivity contribution >= 4 is 28.3 Å². The second kappa shape index (κ2) is 6.70. The smallest absolute Gasteiger partial charge is 0.460 e. The van der Waals surface area contributed by atoms with E-state index in [1.807, 2.05) is 0 Å². The van der Waals surface area contributed by atoms with E-state index in [4.69, 9.17) is 11.6 Å². The van der Waals surface area contributed by atoms with Crippen LogP contribution in [0.4, 0.5) is 30.7 Å². The Labute approximate surface area is 151 Å². The van der Waals surface area contributed by atoms with Gasteiger partial charge in [0.05, 0.1) is 5.02 Å². The van der Waals surface area contributed by atoms with E-state index >= 15 is 0 Å². The second-order valence-corrected chi connectivity index (χ2v) is 5.83. The van der Waals surface area contributed by atoms with Crippen LogP contribution < -0.4 is 4.74 Å². The fourth-order valence-corrected chi connectivity index (χ4v) is 2.24. The van der Waals surface area contributed by atoms with Crippen molar-refractivity contribution in [1.29, 1.82) is 0 Å². The van der Waals surface area contributed by atoms with E-state index in [2.05, 4.69) is 9.72 Å². The van der Waals surface area contributed by atoms with Crippen molar-refractivity contribution in [3.63, 3.8) is 0 Å². The quantitative estimate of drug-likeness (QED) is 0.547. The highest BCUT2D eigenvalue weighted by molar-refractivity contribution is 6.33. The maximum atomic E-state index is 13.4. The highest BCUT2D eigenvalue weighted by Gasteiger charge is 2.73. The maximum Gasteiger partial charge on any atom is 0.460 e. The SMILES string of the molecule is CC(=O)c1nc2c(OCC(F)(F)C(F)(F)C(F)(F)F)c(Cl)ccc2cc1O. The Morgan fingerprint density at radius 3 is 2.30 bits per heavy atom. The summed E-state index contributed by atoms with van der Waals surface area (Å²) in [5.41, 5.74) is -0.876. The summed E-state index contributed by atoms with van der Waals surface area (Å²) in [6, 6.07) is 3.31. The zero-order valence-electron chi connectivity index (χ0n) is 13.2. The number of hydrogen-bond acceptors (Lipinski definition) is 4. The van der Waals surface area contributed by atoms with E-state index in [-0.39, 0.29) is 10.9 Å². The average Bonchev–Trinajstić information content (AvgIpc) is 2.52. The molecule has 1 aromatic carbocycles. The summed E-state index contributed by atoms with van der Waals surface area (Å²) < 4.78 is 93.8. The number of ketones is 1. The fourth-order valence-electron chi connectivity index (χ4n) is 2.04. The van der Waals surface area contributed by atoms with Gasteiger partial charge in [-0.05, 0) is 12.1 Å². The topological polar surface area (TPSA) is 59.4 Å². The number of rotatable bonds is 5. The van der Waals surface area contributed by atoms with Crippen molar-refractivity contribution in [2.45, 2.75) is 24.9 Å². The average molecular weight is 420 g/mol. The summed E-state index contributed by atoms with van der Waals surface area (Å²) in [4.78, 5) is 15.1. The predicted molar refractivity (Wildman–Crippen MR) is 79.9 cm³/mol. The molecule has 0 saturated heterocycles. The molecule has 1 aromatic heterocycles. The molecule has 0 aliphatic heterocycles. The van der Waals surface area contributed by atoms with E-state index < -0.39 is 52.6 Å². The minimum absolute atomic E-state index is 0.0165. The first-order chi connectivity index (χ1) is 12.2. The van der Waals surface area contributed by atoms with Gasteiger partial charge in [-0.25, -0.2) is 4.98 Å². The van der Waals surface area contributed by atoms with Crippen LogP contribution >= 0.6 is 11.6 Å². The normalized spacial score (nSPS) is 13.1. The van der Waals surface area contributed by atoms with Crippen LogP contribution in [-0.2, 0) is 0 Å². The lowest BCUT2D eigenvalue weighted by atomic mass is 10.1. The molecule has 0 radical (unpaired) electrons. The summed E-state index contributed by atoms with van der Waals surface area (Å²) in [5.74, 6) is -14.0. The first-order valence-corrected chi connectivity index (χ1v) is 7.35. The van der Waals surface area contributed by atoms with Crippen molar-refractivity contribution in [3.8, 4) is 11.5 Å². The number of fused-ring (bicyclic) bond motifs is 1. The molecule has 148 valence electrons.